The summed E-state index contributed by atoms with van der Waals surface area (Å²) in [4.78, 5) is 36.8. The van der Waals surface area contributed by atoms with E-state index in [0.29, 0.717) is 16.7 Å². The molecule has 2 unspecified atom stereocenters. The van der Waals surface area contributed by atoms with E-state index in [1.807, 2.05) is 0 Å². The Bertz CT molecular complexity index is 1570. The van der Waals surface area contributed by atoms with Gasteiger partial charge >= 0.3 is 13.5 Å². The van der Waals surface area contributed by atoms with Crippen LogP contribution in [0.1, 0.15) is 25.1 Å². The van der Waals surface area contributed by atoms with Crippen LogP contribution in [0.2, 0.25) is 0 Å². The topological polar surface area (TPSA) is 206 Å². The van der Waals surface area contributed by atoms with Gasteiger partial charge in [-0.15, -0.1) is 0 Å². The van der Waals surface area contributed by atoms with Gasteiger partial charge in [0.25, 0.3) is 0 Å². The van der Waals surface area contributed by atoms with Crippen LogP contribution in [0, 0.1) is 17.8 Å². The van der Waals surface area contributed by atoms with Gasteiger partial charge < -0.3 is 39.1 Å². The third-order valence-corrected chi connectivity index (χ3v) is 9.11. The summed E-state index contributed by atoms with van der Waals surface area (Å²) in [7, 11) is 0. The summed E-state index contributed by atoms with van der Waals surface area (Å²) in [6.45, 7) is -6.99. The van der Waals surface area contributed by atoms with Gasteiger partial charge in [0.1, 0.15) is 36.4 Å². The van der Waals surface area contributed by atoms with Gasteiger partial charge in [0, 0.05) is 30.3 Å². The molecule has 0 aliphatic carbocycles. The largest absolute Gasteiger partial charge is 0.390 e. The summed E-state index contributed by atoms with van der Waals surface area (Å²) in [5.74, 6) is 5.79. The average molecular weight is 659 g/mol. The van der Waals surface area contributed by atoms with Crippen LogP contribution in [0.25, 0.3) is 11.2 Å². The number of ether oxygens (including phenoxy) is 2. The third kappa shape index (κ3) is 7.54. The van der Waals surface area contributed by atoms with Crippen LogP contribution in [0.5, 0.6) is 0 Å². The Balaban J connectivity index is 1.25. The zero-order chi connectivity index (χ0) is 30.1. The van der Waals surface area contributed by atoms with Crippen molar-refractivity contribution in [3.05, 3.63) is 42.7 Å². The number of fused-ring (bicyclic) bond motifs is 1. The number of aromatic nitrogens is 5. The smallest absolute Gasteiger partial charge is 0.383 e. The molecule has 2 fully saturated rings. The molecule has 5 rings (SSSR count). The molecule has 3 aromatic rings. The highest BCUT2D eigenvalue weighted by Gasteiger charge is 2.44. The number of nitrogens with zero attached hydrogens (tertiary/aromatic N) is 5. The molecule has 226 valence electrons. The lowest BCUT2D eigenvalue weighted by molar-refractivity contribution is -0.0401. The van der Waals surface area contributed by atoms with Gasteiger partial charge in [-0.1, -0.05) is 31.0 Å². The molecule has 19 heteroatoms. The number of rotatable bonds is 9. The molecule has 2 saturated heterocycles. The number of nitrogens with two attached hydrogens (primary N) is 1. The van der Waals surface area contributed by atoms with Crippen LogP contribution >= 0.6 is 25.8 Å². The number of hydrogen-bond acceptors (Lipinski definition) is 13. The molecule has 5 N–H and O–H groups in total. The van der Waals surface area contributed by atoms with Gasteiger partial charge in [-0.3, -0.25) is 14.1 Å². The zero-order valence-corrected chi connectivity index (χ0v) is 25.5. The van der Waals surface area contributed by atoms with Crippen LogP contribution < -0.4 is 5.73 Å². The summed E-state index contributed by atoms with van der Waals surface area (Å²) in [5.41, 5.74) is 7.33. The minimum absolute atomic E-state index is 0.111. The highest BCUT2D eigenvalue weighted by Crippen LogP contribution is 2.51. The van der Waals surface area contributed by atoms with E-state index in [-0.39, 0.29) is 24.8 Å². The van der Waals surface area contributed by atoms with Crippen molar-refractivity contribution in [1.82, 2.24) is 24.5 Å². The Hall–Kier alpha value is -2.03. The Morgan fingerprint density at radius 1 is 1.24 bits per heavy atom. The van der Waals surface area contributed by atoms with E-state index in [9.17, 15) is 19.5 Å². The molecule has 0 aromatic carbocycles. The van der Waals surface area contributed by atoms with E-state index >= 15 is 0 Å². The Labute approximate surface area is 250 Å². The van der Waals surface area contributed by atoms with Gasteiger partial charge in [0.2, 0.25) is 0 Å². The zero-order valence-electron chi connectivity index (χ0n) is 22.0. The molecular weight excluding hydrogens is 630 g/mol. The summed E-state index contributed by atoms with van der Waals surface area (Å²) in [6, 6.07) is 3.57. The number of pyridine rings is 1. The van der Waals surface area contributed by atoms with Crippen LogP contribution in [0.3, 0.4) is 0 Å². The van der Waals surface area contributed by atoms with Gasteiger partial charge in [0.15, 0.2) is 11.5 Å². The standard InChI is InChI=1S/C23H28N6O9P2S2/c1-13-15(5-4-14-3-2-6-25-8-14)36-18(21(13)30)10-35-40(33,42)38-16-7-19(37-17(16)9-34-39(31,32)41)29-12-28-20-22(24)26-11-27-23(20)29/h2-3,6,8,11-13,15-19,21,30H,7,9-10H2,1H3,(H,33,42)(H2,24,26,27)(H2,31,32,41)/t13-,15-,16-,17+,18+,19+,21-,40?/m0/s1. The van der Waals surface area contributed by atoms with Crippen molar-refractivity contribution in [2.45, 2.75) is 50.1 Å². The lowest BCUT2D eigenvalue weighted by Crippen LogP contribution is -2.30. The Morgan fingerprint density at radius 2 is 2.02 bits per heavy atom. The third-order valence-electron chi connectivity index (χ3n) is 6.69. The van der Waals surface area contributed by atoms with Crippen LogP contribution in [0.4, 0.5) is 5.82 Å². The highest BCUT2D eigenvalue weighted by atomic mass is 32.7. The quantitative estimate of drug-likeness (QED) is 0.126. The monoisotopic (exact) mass is 658 g/mol. The molecule has 2 aliphatic rings. The second-order valence-corrected chi connectivity index (χ2v) is 15.1. The first kappa shape index (κ1) is 31.4. The number of imidazole rings is 1. The van der Waals surface area contributed by atoms with Crippen LogP contribution in [-0.4, -0.2) is 83.1 Å². The van der Waals surface area contributed by atoms with Crippen molar-refractivity contribution in [3.63, 3.8) is 0 Å². The first-order valence-electron chi connectivity index (χ1n) is 12.6. The lowest BCUT2D eigenvalue weighted by Gasteiger charge is -2.25. The first-order chi connectivity index (χ1) is 19.9. The van der Waals surface area contributed by atoms with E-state index in [0.717, 1.165) is 0 Å². The highest BCUT2D eigenvalue weighted by molar-refractivity contribution is 8.44. The molecule has 2 aliphatic heterocycles. The number of thiol groups is 1. The molecule has 0 amide bonds. The summed E-state index contributed by atoms with van der Waals surface area (Å²) < 4.78 is 41.4. The number of aliphatic hydroxyl groups is 1. The van der Waals surface area contributed by atoms with E-state index in [4.69, 9.17) is 40.6 Å². The van der Waals surface area contributed by atoms with Crippen molar-refractivity contribution in [2.75, 3.05) is 18.9 Å². The number of nitrogen functional groups attached to an aromatic ring is 1. The van der Waals surface area contributed by atoms with Crippen molar-refractivity contribution in [1.29, 1.82) is 0 Å². The molecule has 9 atom stereocenters. The molecule has 0 bridgehead atoms. The number of hydrogen-bond donors (Lipinski definition) is 5. The molecule has 42 heavy (non-hydrogen) atoms. The van der Waals surface area contributed by atoms with E-state index in [1.165, 1.54) is 12.7 Å². The SMILES string of the molecule is C[C@@H]1[C@H](O)[C@@H](COP(O)(=S)O[C@H]2C[C@H](n3cnc4c(N)ncnc43)O[C@@H]2COP(=O)(O)S)O[C@H]1C#Cc1cccnc1. The molecule has 0 radical (unpaired) electrons. The molecule has 15 nitrogen and oxygen atoms in total. The van der Waals surface area contributed by atoms with Gasteiger partial charge in [-0.25, -0.2) is 19.5 Å². The van der Waals surface area contributed by atoms with Crippen molar-refractivity contribution >= 4 is 54.6 Å². The van der Waals surface area contributed by atoms with Crippen LogP contribution in [-0.2, 0) is 39.4 Å². The predicted octanol–water partition coefficient (Wildman–Crippen LogP) is 1.57. The van der Waals surface area contributed by atoms with Gasteiger partial charge in [-0.05, 0) is 23.9 Å². The normalized spacial score (nSPS) is 30.5. The molecule has 3 aromatic heterocycles. The second-order valence-electron chi connectivity index (χ2n) is 9.60. The van der Waals surface area contributed by atoms with Gasteiger partial charge in [0.05, 0.1) is 31.7 Å². The fourth-order valence-corrected chi connectivity index (χ4v) is 6.57. The summed E-state index contributed by atoms with van der Waals surface area (Å²) >= 11 is 8.78. The van der Waals surface area contributed by atoms with E-state index in [1.54, 1.807) is 36.0 Å². The Morgan fingerprint density at radius 3 is 2.76 bits per heavy atom. The molecule has 5 heterocycles. The van der Waals surface area contributed by atoms with E-state index < -0.39 is 56.9 Å². The van der Waals surface area contributed by atoms with Gasteiger partial charge in [-0.2, -0.15) is 0 Å². The maximum absolute atomic E-state index is 11.7. The summed E-state index contributed by atoms with van der Waals surface area (Å²) in [6.07, 6.45) is 1.11. The fraction of sp³-hybridized carbons (Fsp3) is 0.478. The maximum atomic E-state index is 11.7. The lowest BCUT2D eigenvalue weighted by atomic mass is 9.99. The number of anilines is 1. The molecular formula is C23H28N6O9P2S2. The maximum Gasteiger partial charge on any atom is 0.383 e. The van der Waals surface area contributed by atoms with Crippen LogP contribution in [0.15, 0.2) is 37.2 Å². The molecule has 0 saturated carbocycles. The van der Waals surface area contributed by atoms with Crippen molar-refractivity contribution in [3.8, 4) is 11.8 Å². The average Bonchev–Trinajstić information content (AvgIpc) is 3.62. The predicted molar refractivity (Wildman–Crippen MR) is 155 cm³/mol. The fourth-order valence-electron chi connectivity index (χ4n) is 4.56. The second kappa shape index (κ2) is 12.9. The van der Waals surface area contributed by atoms with E-state index in [2.05, 4.69) is 44.0 Å². The van der Waals surface area contributed by atoms with Crippen molar-refractivity contribution < 1.29 is 42.5 Å². The number of aliphatic hydroxyl groups excluding tert-OH is 1. The molecule has 0 spiro atoms. The minimum atomic E-state index is -4.16. The van der Waals surface area contributed by atoms with Crippen molar-refractivity contribution in [2.24, 2.45) is 5.92 Å². The first-order valence-corrected chi connectivity index (χ1v) is 17.9. The summed E-state index contributed by atoms with van der Waals surface area (Å²) in [5, 5.41) is 10.7. The Kier molecular flexibility index (Phi) is 9.65. The minimum Gasteiger partial charge on any atom is -0.390 e.